The zero-order valence-electron chi connectivity index (χ0n) is 16.9. The number of nitrogen functional groups attached to an aromatic ring is 1. The third-order valence-electron chi connectivity index (χ3n) is 4.11. The van der Waals surface area contributed by atoms with Gasteiger partial charge in [0.1, 0.15) is 17.1 Å². The van der Waals surface area contributed by atoms with Gasteiger partial charge in [0.2, 0.25) is 5.78 Å². The summed E-state index contributed by atoms with van der Waals surface area (Å²) in [7, 11) is 1.25. The van der Waals surface area contributed by atoms with E-state index < -0.39 is 41.8 Å². The molecule has 0 saturated carbocycles. The van der Waals surface area contributed by atoms with Gasteiger partial charge in [0.05, 0.1) is 11.6 Å². The molecule has 10 heteroatoms. The molecule has 1 aromatic heterocycles. The van der Waals surface area contributed by atoms with Crippen LogP contribution in [0.4, 0.5) is 5.82 Å². The predicted molar refractivity (Wildman–Crippen MR) is 107 cm³/mol. The van der Waals surface area contributed by atoms with Crippen LogP contribution in [-0.4, -0.2) is 34.1 Å². The number of nitrogens with zero attached hydrogens (tertiary/aromatic N) is 3. The Balaban J connectivity index is 2.07. The largest absolute Gasteiger partial charge is 0.482 e. The lowest BCUT2D eigenvalue weighted by atomic mass is 10.1. The Morgan fingerprint density at radius 2 is 1.80 bits per heavy atom. The van der Waals surface area contributed by atoms with E-state index in [0.29, 0.717) is 11.3 Å². The highest BCUT2D eigenvalue weighted by molar-refractivity contribution is 6.01. The van der Waals surface area contributed by atoms with Gasteiger partial charge in [-0.15, -0.1) is 0 Å². The summed E-state index contributed by atoms with van der Waals surface area (Å²) in [5.74, 6) is -1.53. The van der Waals surface area contributed by atoms with Crippen LogP contribution in [0.5, 0.6) is 5.75 Å². The second kappa shape index (κ2) is 9.56. The Labute approximate surface area is 172 Å². The zero-order chi connectivity index (χ0) is 22.4. The number of rotatable bonds is 8. The first-order chi connectivity index (χ1) is 14.1. The van der Waals surface area contributed by atoms with Gasteiger partial charge in [0.15, 0.2) is 13.2 Å². The Morgan fingerprint density at radius 1 is 1.17 bits per heavy atom. The maximum absolute atomic E-state index is 12.5. The fraction of sp³-hybridized carbons (Fsp3) is 0.350. The van der Waals surface area contributed by atoms with Crippen molar-refractivity contribution in [1.82, 2.24) is 9.13 Å². The van der Waals surface area contributed by atoms with E-state index in [-0.39, 0.29) is 18.3 Å². The number of nitriles is 1. The molecule has 1 heterocycles. The Bertz CT molecular complexity index is 1110. The first kappa shape index (κ1) is 22.4. The Hall–Kier alpha value is -3.87. The summed E-state index contributed by atoms with van der Waals surface area (Å²) >= 11 is 0. The number of hydrogen-bond acceptors (Lipinski definition) is 8. The van der Waals surface area contributed by atoms with Crippen molar-refractivity contribution in [3.05, 3.63) is 56.2 Å². The summed E-state index contributed by atoms with van der Waals surface area (Å²) in [5, 5.41) is 8.75. The van der Waals surface area contributed by atoms with E-state index in [1.807, 2.05) is 19.9 Å². The number of aromatic nitrogens is 2. The van der Waals surface area contributed by atoms with Crippen molar-refractivity contribution >= 4 is 17.6 Å². The molecule has 158 valence electrons. The van der Waals surface area contributed by atoms with Crippen molar-refractivity contribution in [2.24, 2.45) is 13.0 Å². The minimum absolute atomic E-state index is 0.0441. The number of carbonyl (C=O) groups excluding carboxylic acids is 2. The van der Waals surface area contributed by atoms with E-state index >= 15 is 0 Å². The van der Waals surface area contributed by atoms with E-state index in [4.69, 9.17) is 20.5 Å². The van der Waals surface area contributed by atoms with Crippen molar-refractivity contribution < 1.29 is 19.1 Å². The lowest BCUT2D eigenvalue weighted by Crippen LogP contribution is -2.43. The summed E-state index contributed by atoms with van der Waals surface area (Å²) < 4.78 is 12.0. The summed E-state index contributed by atoms with van der Waals surface area (Å²) in [6.45, 7) is 2.73. The molecule has 0 saturated heterocycles. The average Bonchev–Trinajstić information content (AvgIpc) is 2.72. The van der Waals surface area contributed by atoms with Gasteiger partial charge in [0, 0.05) is 13.6 Å². The van der Waals surface area contributed by atoms with Crippen LogP contribution in [0, 0.1) is 17.2 Å². The lowest BCUT2D eigenvalue weighted by Gasteiger charge is -2.16. The summed E-state index contributed by atoms with van der Waals surface area (Å²) in [5.41, 5.74) is 4.46. The van der Waals surface area contributed by atoms with Crippen LogP contribution in [0.25, 0.3) is 0 Å². The molecular formula is C20H22N4O6. The standard InChI is InChI=1S/C20H22N4O6/c1-12(2)9-24-18(22)17(19(27)23(3)20(24)28)15(25)10-30-16(26)11-29-14-6-4-13(8-21)5-7-14/h4-7,12H,9-11,22H2,1-3H3. The summed E-state index contributed by atoms with van der Waals surface area (Å²) in [4.78, 5) is 49.0. The molecule has 0 aliphatic heterocycles. The molecule has 0 amide bonds. The minimum Gasteiger partial charge on any atom is -0.482 e. The number of ether oxygens (including phenoxy) is 2. The van der Waals surface area contributed by atoms with Gasteiger partial charge < -0.3 is 15.2 Å². The first-order valence-corrected chi connectivity index (χ1v) is 9.06. The zero-order valence-corrected chi connectivity index (χ0v) is 16.9. The Kier molecular flexibility index (Phi) is 7.14. The van der Waals surface area contributed by atoms with E-state index in [9.17, 15) is 19.2 Å². The van der Waals surface area contributed by atoms with Crippen LogP contribution < -0.4 is 21.7 Å². The van der Waals surface area contributed by atoms with Crippen molar-refractivity contribution in [1.29, 1.82) is 5.26 Å². The highest BCUT2D eigenvalue weighted by Crippen LogP contribution is 2.12. The van der Waals surface area contributed by atoms with Crippen LogP contribution in [0.1, 0.15) is 29.8 Å². The molecule has 2 rings (SSSR count). The molecule has 0 aliphatic carbocycles. The van der Waals surface area contributed by atoms with Crippen molar-refractivity contribution in [2.45, 2.75) is 20.4 Å². The maximum atomic E-state index is 12.5. The van der Waals surface area contributed by atoms with Gasteiger partial charge in [-0.05, 0) is 30.2 Å². The average molecular weight is 414 g/mol. The molecule has 0 atom stereocenters. The van der Waals surface area contributed by atoms with Gasteiger partial charge in [-0.1, -0.05) is 13.8 Å². The Morgan fingerprint density at radius 3 is 2.37 bits per heavy atom. The van der Waals surface area contributed by atoms with Gasteiger partial charge >= 0.3 is 11.7 Å². The second-order valence-corrected chi connectivity index (χ2v) is 6.92. The van der Waals surface area contributed by atoms with Crippen LogP contribution in [0.15, 0.2) is 33.9 Å². The van der Waals surface area contributed by atoms with Crippen molar-refractivity contribution in [3.63, 3.8) is 0 Å². The summed E-state index contributed by atoms with van der Waals surface area (Å²) in [6.07, 6.45) is 0. The molecule has 2 aromatic rings. The minimum atomic E-state index is -0.854. The van der Waals surface area contributed by atoms with Crippen LogP contribution in [0.2, 0.25) is 0 Å². The predicted octanol–water partition coefficient (Wildman–Crippen LogP) is 0.462. The van der Waals surface area contributed by atoms with E-state index in [1.54, 1.807) is 0 Å². The van der Waals surface area contributed by atoms with Gasteiger partial charge in [-0.3, -0.25) is 18.7 Å². The number of hydrogen-bond donors (Lipinski definition) is 1. The third kappa shape index (κ3) is 5.14. The topological polar surface area (TPSA) is 146 Å². The fourth-order valence-corrected chi connectivity index (χ4v) is 2.61. The molecule has 2 N–H and O–H groups in total. The molecule has 0 bridgehead atoms. The van der Waals surface area contributed by atoms with Crippen LogP contribution in [-0.2, 0) is 23.1 Å². The van der Waals surface area contributed by atoms with Gasteiger partial charge in [-0.25, -0.2) is 9.59 Å². The smallest absolute Gasteiger partial charge is 0.344 e. The molecule has 1 aromatic carbocycles. The fourth-order valence-electron chi connectivity index (χ4n) is 2.61. The maximum Gasteiger partial charge on any atom is 0.344 e. The molecule has 30 heavy (non-hydrogen) atoms. The van der Waals surface area contributed by atoms with Crippen molar-refractivity contribution in [2.75, 3.05) is 18.9 Å². The highest BCUT2D eigenvalue weighted by Gasteiger charge is 2.23. The number of ketones is 1. The van der Waals surface area contributed by atoms with Gasteiger partial charge in [-0.2, -0.15) is 5.26 Å². The molecule has 0 aliphatic rings. The molecule has 10 nitrogen and oxygen atoms in total. The number of anilines is 1. The normalized spacial score (nSPS) is 10.5. The second-order valence-electron chi connectivity index (χ2n) is 6.92. The van der Waals surface area contributed by atoms with Crippen molar-refractivity contribution in [3.8, 4) is 11.8 Å². The van der Waals surface area contributed by atoms with E-state index in [0.717, 1.165) is 9.13 Å². The molecule has 0 fully saturated rings. The molecule has 0 unspecified atom stereocenters. The number of esters is 1. The molecule has 0 spiro atoms. The number of benzene rings is 1. The van der Waals surface area contributed by atoms with E-state index in [1.165, 1.54) is 31.3 Å². The number of nitrogens with two attached hydrogens (primary N) is 1. The SMILES string of the molecule is CC(C)Cn1c(N)c(C(=O)COC(=O)COc2ccc(C#N)cc2)c(=O)n(C)c1=O. The third-order valence-corrected chi connectivity index (χ3v) is 4.11. The number of Topliss-reactive ketones (excluding diaryl/α,β-unsaturated/α-hetero) is 1. The van der Waals surface area contributed by atoms with Crippen LogP contribution in [0.3, 0.4) is 0 Å². The van der Waals surface area contributed by atoms with E-state index in [2.05, 4.69) is 0 Å². The van der Waals surface area contributed by atoms with Gasteiger partial charge in [0.25, 0.3) is 5.56 Å². The molecular weight excluding hydrogens is 392 g/mol. The quantitative estimate of drug-likeness (QED) is 0.484. The summed E-state index contributed by atoms with van der Waals surface area (Å²) in [6, 6.07) is 8.03. The lowest BCUT2D eigenvalue weighted by molar-refractivity contribution is -0.144. The highest BCUT2D eigenvalue weighted by atomic mass is 16.6. The first-order valence-electron chi connectivity index (χ1n) is 9.06. The number of carbonyl (C=O) groups is 2. The van der Waals surface area contributed by atoms with Crippen LogP contribution >= 0.6 is 0 Å². The molecule has 0 radical (unpaired) electrons. The monoisotopic (exact) mass is 414 g/mol.